The molecule has 0 spiro atoms. The van der Waals surface area contributed by atoms with Crippen LogP contribution in [0.4, 0.5) is 10.5 Å². The van der Waals surface area contributed by atoms with E-state index in [1.165, 1.54) is 4.90 Å². The van der Waals surface area contributed by atoms with Crippen LogP contribution in [-0.4, -0.2) is 63.9 Å². The molecule has 1 fully saturated rings. The van der Waals surface area contributed by atoms with Gasteiger partial charge in [0.1, 0.15) is 13.2 Å². The number of nitrogens with one attached hydrogen (secondary N) is 3. The van der Waals surface area contributed by atoms with E-state index < -0.39 is 0 Å². The van der Waals surface area contributed by atoms with Gasteiger partial charge in [-0.1, -0.05) is 0 Å². The van der Waals surface area contributed by atoms with E-state index >= 15 is 0 Å². The molecule has 0 saturated carbocycles. The van der Waals surface area contributed by atoms with E-state index in [1.54, 1.807) is 4.90 Å². The van der Waals surface area contributed by atoms with Crippen LogP contribution >= 0.6 is 0 Å². The highest BCUT2D eigenvalue weighted by molar-refractivity contribution is 5.97. The van der Waals surface area contributed by atoms with E-state index in [4.69, 9.17) is 9.47 Å². The maximum Gasteiger partial charge on any atom is 0.315 e. The smallest absolute Gasteiger partial charge is 0.315 e. The van der Waals surface area contributed by atoms with Gasteiger partial charge in [-0.3, -0.25) is 4.79 Å². The number of carbonyl (C=O) groups excluding carboxylic acids is 2. The van der Waals surface area contributed by atoms with Crippen molar-refractivity contribution in [1.29, 1.82) is 0 Å². The van der Waals surface area contributed by atoms with Crippen LogP contribution in [0, 0.1) is 0 Å². The van der Waals surface area contributed by atoms with E-state index in [2.05, 4.69) is 24.5 Å². The molecule has 154 valence electrons. The fraction of sp³-hybridized carbons (Fsp3) is 0.600. The van der Waals surface area contributed by atoms with E-state index in [0.717, 1.165) is 31.7 Å². The molecule has 1 saturated heterocycles. The molecule has 0 aliphatic carbocycles. The zero-order valence-corrected chi connectivity index (χ0v) is 16.8. The highest BCUT2D eigenvalue weighted by Gasteiger charge is 2.32. The van der Waals surface area contributed by atoms with Crippen molar-refractivity contribution in [2.24, 2.45) is 0 Å². The number of quaternary nitrogens is 1. The summed E-state index contributed by atoms with van der Waals surface area (Å²) in [6.45, 7) is 9.72. The van der Waals surface area contributed by atoms with E-state index in [-0.39, 0.29) is 18.0 Å². The van der Waals surface area contributed by atoms with Gasteiger partial charge in [0, 0.05) is 37.7 Å². The Morgan fingerprint density at radius 3 is 2.71 bits per heavy atom. The predicted octanol–water partition coefficient (Wildman–Crippen LogP) is 0.177. The van der Waals surface area contributed by atoms with Crippen molar-refractivity contribution in [3.05, 3.63) is 18.2 Å². The Bertz CT molecular complexity index is 693. The number of nitrogens with zero attached hydrogens (tertiary/aromatic N) is 1. The third kappa shape index (κ3) is 5.07. The number of rotatable bonds is 8. The fourth-order valence-corrected chi connectivity index (χ4v) is 3.63. The molecule has 0 bridgehead atoms. The Labute approximate surface area is 166 Å². The summed E-state index contributed by atoms with van der Waals surface area (Å²) in [7, 11) is 0. The van der Waals surface area contributed by atoms with Crippen molar-refractivity contribution in [3.8, 4) is 11.5 Å². The zero-order chi connectivity index (χ0) is 19.9. The highest BCUT2D eigenvalue weighted by Crippen LogP contribution is 2.35. The van der Waals surface area contributed by atoms with Gasteiger partial charge in [0.15, 0.2) is 11.5 Å². The largest absolute Gasteiger partial charge is 0.486 e. The number of anilines is 1. The molecule has 1 atom stereocenters. The minimum absolute atomic E-state index is 0.00730. The molecule has 2 aliphatic rings. The molecule has 0 radical (unpaired) electrons. The molecule has 8 heteroatoms. The number of hydrogen-bond acceptors (Lipinski definition) is 4. The van der Waals surface area contributed by atoms with Gasteiger partial charge < -0.3 is 29.9 Å². The van der Waals surface area contributed by atoms with Crippen molar-refractivity contribution < 1.29 is 24.0 Å². The van der Waals surface area contributed by atoms with Gasteiger partial charge in [-0.2, -0.15) is 0 Å². The SMILES string of the molecule is CC[NH+](CC)CCCNC(=O)N[C@@H]1CC(=O)N(c2ccc3c(c2)OCCO3)C1. The van der Waals surface area contributed by atoms with Gasteiger partial charge in [0.2, 0.25) is 5.91 Å². The summed E-state index contributed by atoms with van der Waals surface area (Å²) in [4.78, 5) is 27.8. The summed E-state index contributed by atoms with van der Waals surface area (Å²) >= 11 is 0. The number of benzene rings is 1. The second-order valence-electron chi connectivity index (χ2n) is 7.19. The number of carbonyl (C=O) groups is 2. The minimum atomic E-state index is -0.212. The molecular formula is C20H31N4O4+. The van der Waals surface area contributed by atoms with Crippen LogP contribution in [-0.2, 0) is 4.79 Å². The molecule has 1 aromatic rings. The molecular weight excluding hydrogens is 360 g/mol. The maximum atomic E-state index is 12.4. The molecule has 2 heterocycles. The van der Waals surface area contributed by atoms with Gasteiger partial charge in [-0.15, -0.1) is 0 Å². The van der Waals surface area contributed by atoms with Crippen LogP contribution < -0.4 is 29.9 Å². The predicted molar refractivity (Wildman–Crippen MR) is 106 cm³/mol. The van der Waals surface area contributed by atoms with Crippen LogP contribution in [0.25, 0.3) is 0 Å². The Morgan fingerprint density at radius 2 is 1.96 bits per heavy atom. The maximum absolute atomic E-state index is 12.4. The van der Waals surface area contributed by atoms with Crippen molar-refractivity contribution in [2.75, 3.05) is 50.8 Å². The second kappa shape index (κ2) is 9.64. The van der Waals surface area contributed by atoms with E-state index in [9.17, 15) is 9.59 Å². The summed E-state index contributed by atoms with van der Waals surface area (Å²) in [6, 6.07) is 5.08. The molecule has 2 aliphatic heterocycles. The Hall–Kier alpha value is -2.48. The third-order valence-corrected chi connectivity index (χ3v) is 5.29. The van der Waals surface area contributed by atoms with Crippen molar-refractivity contribution in [3.63, 3.8) is 0 Å². The normalized spacial score (nSPS) is 18.5. The Morgan fingerprint density at radius 1 is 1.21 bits per heavy atom. The number of amides is 3. The van der Waals surface area contributed by atoms with Gasteiger partial charge >= 0.3 is 6.03 Å². The topological polar surface area (TPSA) is 84.3 Å². The molecule has 0 unspecified atom stereocenters. The third-order valence-electron chi connectivity index (χ3n) is 5.29. The average Bonchev–Trinajstić information content (AvgIpc) is 3.07. The summed E-state index contributed by atoms with van der Waals surface area (Å²) < 4.78 is 11.1. The highest BCUT2D eigenvalue weighted by atomic mass is 16.6. The van der Waals surface area contributed by atoms with Gasteiger partial charge in [0.25, 0.3) is 0 Å². The molecule has 1 aromatic carbocycles. The molecule has 3 amide bonds. The van der Waals surface area contributed by atoms with Crippen LogP contribution in [0.3, 0.4) is 0 Å². The van der Waals surface area contributed by atoms with E-state index in [0.29, 0.717) is 44.2 Å². The fourth-order valence-electron chi connectivity index (χ4n) is 3.63. The minimum Gasteiger partial charge on any atom is -0.486 e. The first-order chi connectivity index (χ1) is 13.6. The van der Waals surface area contributed by atoms with Crippen LogP contribution in [0.2, 0.25) is 0 Å². The van der Waals surface area contributed by atoms with Gasteiger partial charge in [0.05, 0.1) is 25.7 Å². The van der Waals surface area contributed by atoms with Crippen molar-refractivity contribution >= 4 is 17.6 Å². The first kappa shape index (κ1) is 20.3. The molecule has 3 N–H and O–H groups in total. The number of fused-ring (bicyclic) bond motifs is 1. The lowest BCUT2D eigenvalue weighted by atomic mass is 10.2. The van der Waals surface area contributed by atoms with Gasteiger partial charge in [-0.25, -0.2) is 4.79 Å². The molecule has 28 heavy (non-hydrogen) atoms. The second-order valence-corrected chi connectivity index (χ2v) is 7.19. The van der Waals surface area contributed by atoms with Crippen LogP contribution in [0.5, 0.6) is 11.5 Å². The summed E-state index contributed by atoms with van der Waals surface area (Å²) in [5.74, 6) is 1.34. The van der Waals surface area contributed by atoms with Crippen molar-refractivity contribution in [1.82, 2.24) is 10.6 Å². The lowest BCUT2D eigenvalue weighted by Gasteiger charge is -2.22. The zero-order valence-electron chi connectivity index (χ0n) is 16.8. The summed E-state index contributed by atoms with van der Waals surface area (Å²) in [5.41, 5.74) is 0.765. The average molecular weight is 391 g/mol. The van der Waals surface area contributed by atoms with E-state index in [1.807, 2.05) is 18.2 Å². The number of hydrogen-bond donors (Lipinski definition) is 3. The first-order valence-corrected chi connectivity index (χ1v) is 10.2. The van der Waals surface area contributed by atoms with Crippen LogP contribution in [0.15, 0.2) is 18.2 Å². The Balaban J connectivity index is 1.46. The number of ether oxygens (including phenoxy) is 2. The standard InChI is InChI=1S/C20H30N4O4/c1-3-23(4-2)9-5-8-21-20(26)22-15-12-19(25)24(14-15)16-6-7-17-18(13-16)28-11-10-27-17/h6-7,13,15H,3-5,8-12,14H2,1-2H3,(H2,21,22,26)/p+1/t15-/m1/s1. The summed E-state index contributed by atoms with van der Waals surface area (Å²) in [5, 5.41) is 5.81. The molecule has 3 rings (SSSR count). The van der Waals surface area contributed by atoms with Gasteiger partial charge in [-0.05, 0) is 26.0 Å². The monoisotopic (exact) mass is 391 g/mol. The first-order valence-electron chi connectivity index (χ1n) is 10.2. The quantitative estimate of drug-likeness (QED) is 0.552. The summed E-state index contributed by atoms with van der Waals surface area (Å²) in [6.07, 6.45) is 1.24. The lowest BCUT2D eigenvalue weighted by Crippen LogP contribution is -3.11. The van der Waals surface area contributed by atoms with Crippen LogP contribution in [0.1, 0.15) is 26.7 Å². The molecule has 0 aromatic heterocycles. The molecule has 8 nitrogen and oxygen atoms in total. The number of urea groups is 1. The van der Waals surface area contributed by atoms with Crippen molar-refractivity contribution in [2.45, 2.75) is 32.7 Å². The Kier molecular flexibility index (Phi) is 6.97. The lowest BCUT2D eigenvalue weighted by molar-refractivity contribution is -0.896.